The van der Waals surface area contributed by atoms with E-state index in [-0.39, 0.29) is 12.5 Å². The third-order valence-electron chi connectivity index (χ3n) is 4.20. The molecule has 0 saturated carbocycles. The van der Waals surface area contributed by atoms with Gasteiger partial charge in [0.05, 0.1) is 0 Å². The lowest BCUT2D eigenvalue weighted by Gasteiger charge is -2.11. The van der Waals surface area contributed by atoms with E-state index in [9.17, 15) is 4.79 Å². The van der Waals surface area contributed by atoms with Crippen molar-refractivity contribution in [3.63, 3.8) is 0 Å². The van der Waals surface area contributed by atoms with Gasteiger partial charge in [-0.3, -0.25) is 4.79 Å². The lowest BCUT2D eigenvalue weighted by Crippen LogP contribution is -2.20. The molecule has 0 spiro atoms. The van der Waals surface area contributed by atoms with Crippen LogP contribution in [0.1, 0.15) is 36.7 Å². The van der Waals surface area contributed by atoms with Crippen molar-refractivity contribution in [1.82, 2.24) is 9.97 Å². The number of carbonyl (C=O) groups is 1. The highest BCUT2D eigenvalue weighted by Gasteiger charge is 2.07. The largest absolute Gasteiger partial charge is 0.484 e. The maximum absolute atomic E-state index is 12.2. The molecule has 0 atom stereocenters. The molecule has 0 radical (unpaired) electrons. The SMILES string of the molecule is Cc1cc(C)nc(Oc2ccc(NC(=O)COc3cccc(C(C)C)c3)cc2)n1. The Balaban J connectivity index is 1.54. The van der Waals surface area contributed by atoms with Crippen LogP contribution in [-0.2, 0) is 4.79 Å². The number of nitrogens with zero attached hydrogens (tertiary/aromatic N) is 2. The molecule has 1 aromatic heterocycles. The van der Waals surface area contributed by atoms with Gasteiger partial charge in [-0.1, -0.05) is 26.0 Å². The van der Waals surface area contributed by atoms with Crippen LogP contribution in [0.2, 0.25) is 0 Å². The molecule has 0 aliphatic rings. The van der Waals surface area contributed by atoms with Crippen molar-refractivity contribution in [2.75, 3.05) is 11.9 Å². The van der Waals surface area contributed by atoms with E-state index >= 15 is 0 Å². The number of aryl methyl sites for hydroxylation is 2. The first-order valence-corrected chi connectivity index (χ1v) is 9.52. The van der Waals surface area contributed by atoms with Crippen molar-refractivity contribution < 1.29 is 14.3 Å². The van der Waals surface area contributed by atoms with Crippen molar-refractivity contribution in [3.05, 3.63) is 71.5 Å². The van der Waals surface area contributed by atoms with Gasteiger partial charge in [0.2, 0.25) is 0 Å². The summed E-state index contributed by atoms with van der Waals surface area (Å²) in [6, 6.07) is 17.0. The molecular formula is C23H25N3O3. The van der Waals surface area contributed by atoms with E-state index in [1.54, 1.807) is 24.3 Å². The highest BCUT2D eigenvalue weighted by Crippen LogP contribution is 2.22. The van der Waals surface area contributed by atoms with Crippen molar-refractivity contribution in [1.29, 1.82) is 0 Å². The Hall–Kier alpha value is -3.41. The van der Waals surface area contributed by atoms with Crippen LogP contribution in [0, 0.1) is 13.8 Å². The highest BCUT2D eigenvalue weighted by molar-refractivity contribution is 5.91. The average Bonchev–Trinajstić information content (AvgIpc) is 2.67. The maximum atomic E-state index is 12.2. The van der Waals surface area contributed by atoms with Gasteiger partial charge in [0, 0.05) is 17.1 Å². The summed E-state index contributed by atoms with van der Waals surface area (Å²) in [6.45, 7) is 7.95. The monoisotopic (exact) mass is 391 g/mol. The standard InChI is InChI=1S/C23H25N3O3/c1-15(2)18-6-5-7-21(13-18)28-14-22(27)26-19-8-10-20(11-9-19)29-23-24-16(3)12-17(4)25-23/h5-13,15H,14H2,1-4H3,(H,26,27). The van der Waals surface area contributed by atoms with Gasteiger partial charge in [0.1, 0.15) is 11.5 Å². The summed E-state index contributed by atoms with van der Waals surface area (Å²) in [5.74, 6) is 1.45. The molecule has 3 aromatic rings. The van der Waals surface area contributed by atoms with E-state index in [4.69, 9.17) is 9.47 Å². The number of anilines is 1. The summed E-state index contributed by atoms with van der Waals surface area (Å²) in [5.41, 5.74) is 3.51. The fraction of sp³-hybridized carbons (Fsp3) is 0.261. The molecule has 0 saturated heterocycles. The zero-order valence-electron chi connectivity index (χ0n) is 17.1. The van der Waals surface area contributed by atoms with Crippen LogP contribution in [0.25, 0.3) is 0 Å². The van der Waals surface area contributed by atoms with Crippen LogP contribution in [0.15, 0.2) is 54.6 Å². The molecule has 2 aromatic carbocycles. The summed E-state index contributed by atoms with van der Waals surface area (Å²) in [6.07, 6.45) is 0. The molecule has 0 aliphatic carbocycles. The van der Waals surface area contributed by atoms with Gasteiger partial charge in [0.15, 0.2) is 6.61 Å². The Labute approximate surface area is 170 Å². The van der Waals surface area contributed by atoms with Gasteiger partial charge < -0.3 is 14.8 Å². The molecular weight excluding hydrogens is 366 g/mol. The summed E-state index contributed by atoms with van der Waals surface area (Å²) in [5, 5.41) is 2.81. The second-order valence-corrected chi connectivity index (χ2v) is 7.12. The molecule has 1 amide bonds. The predicted octanol–water partition coefficient (Wildman–Crippen LogP) is 5.03. The molecule has 0 unspecified atom stereocenters. The summed E-state index contributed by atoms with van der Waals surface area (Å²) in [7, 11) is 0. The smallest absolute Gasteiger partial charge is 0.322 e. The topological polar surface area (TPSA) is 73.3 Å². The lowest BCUT2D eigenvalue weighted by atomic mass is 10.0. The molecule has 6 heteroatoms. The number of hydrogen-bond acceptors (Lipinski definition) is 5. The fourth-order valence-electron chi connectivity index (χ4n) is 2.76. The Morgan fingerprint density at radius 3 is 2.31 bits per heavy atom. The van der Waals surface area contributed by atoms with E-state index in [1.165, 1.54) is 5.56 Å². The molecule has 1 heterocycles. The van der Waals surface area contributed by atoms with Crippen LogP contribution < -0.4 is 14.8 Å². The lowest BCUT2D eigenvalue weighted by molar-refractivity contribution is -0.118. The fourth-order valence-corrected chi connectivity index (χ4v) is 2.76. The van der Waals surface area contributed by atoms with Gasteiger partial charge in [-0.2, -0.15) is 0 Å². The van der Waals surface area contributed by atoms with Crippen LogP contribution in [0.3, 0.4) is 0 Å². The Morgan fingerprint density at radius 2 is 1.66 bits per heavy atom. The molecule has 0 aliphatic heterocycles. The van der Waals surface area contributed by atoms with Crippen LogP contribution in [0.4, 0.5) is 5.69 Å². The number of carbonyl (C=O) groups excluding carboxylic acids is 1. The minimum absolute atomic E-state index is 0.0593. The quantitative estimate of drug-likeness (QED) is 0.612. The second-order valence-electron chi connectivity index (χ2n) is 7.12. The minimum atomic E-state index is -0.230. The van der Waals surface area contributed by atoms with E-state index < -0.39 is 0 Å². The summed E-state index contributed by atoms with van der Waals surface area (Å²) in [4.78, 5) is 20.7. The first-order chi connectivity index (χ1) is 13.9. The van der Waals surface area contributed by atoms with Gasteiger partial charge in [0.25, 0.3) is 5.91 Å². The third kappa shape index (κ3) is 6.04. The van der Waals surface area contributed by atoms with Crippen molar-refractivity contribution in [2.45, 2.75) is 33.6 Å². The molecule has 6 nitrogen and oxygen atoms in total. The van der Waals surface area contributed by atoms with Crippen molar-refractivity contribution >= 4 is 11.6 Å². The normalized spacial score (nSPS) is 10.7. The number of nitrogens with one attached hydrogen (secondary N) is 1. The summed E-state index contributed by atoms with van der Waals surface area (Å²) < 4.78 is 11.3. The third-order valence-corrected chi connectivity index (χ3v) is 4.20. The Morgan fingerprint density at radius 1 is 0.966 bits per heavy atom. The maximum Gasteiger partial charge on any atom is 0.322 e. The van der Waals surface area contributed by atoms with Crippen LogP contribution in [-0.4, -0.2) is 22.5 Å². The number of aromatic nitrogens is 2. The number of benzene rings is 2. The Bertz CT molecular complexity index is 965. The number of hydrogen-bond donors (Lipinski definition) is 1. The van der Waals surface area contributed by atoms with Gasteiger partial charge >= 0.3 is 6.01 Å². The molecule has 150 valence electrons. The van der Waals surface area contributed by atoms with Crippen molar-refractivity contribution in [2.24, 2.45) is 0 Å². The first-order valence-electron chi connectivity index (χ1n) is 9.52. The molecule has 1 N–H and O–H groups in total. The van der Waals surface area contributed by atoms with Gasteiger partial charge in [-0.15, -0.1) is 0 Å². The first kappa shape index (κ1) is 20.3. The highest BCUT2D eigenvalue weighted by atomic mass is 16.5. The van der Waals surface area contributed by atoms with Crippen molar-refractivity contribution in [3.8, 4) is 17.5 Å². The van der Waals surface area contributed by atoms with Crippen LogP contribution >= 0.6 is 0 Å². The molecule has 29 heavy (non-hydrogen) atoms. The van der Waals surface area contributed by atoms with Gasteiger partial charge in [-0.05, 0) is 67.8 Å². The average molecular weight is 391 g/mol. The van der Waals surface area contributed by atoms with E-state index in [1.807, 2.05) is 44.2 Å². The van der Waals surface area contributed by atoms with Gasteiger partial charge in [-0.25, -0.2) is 9.97 Å². The predicted molar refractivity (Wildman–Crippen MR) is 113 cm³/mol. The summed E-state index contributed by atoms with van der Waals surface area (Å²) >= 11 is 0. The molecule has 0 fully saturated rings. The number of rotatable bonds is 7. The Kier molecular flexibility index (Phi) is 6.44. The molecule has 0 bridgehead atoms. The molecule has 3 rings (SSSR count). The van der Waals surface area contributed by atoms with E-state index in [0.29, 0.717) is 29.1 Å². The van der Waals surface area contributed by atoms with E-state index in [0.717, 1.165) is 11.4 Å². The minimum Gasteiger partial charge on any atom is -0.484 e. The number of ether oxygens (including phenoxy) is 2. The van der Waals surface area contributed by atoms with E-state index in [2.05, 4.69) is 29.1 Å². The zero-order valence-corrected chi connectivity index (χ0v) is 17.1. The second kappa shape index (κ2) is 9.19. The zero-order chi connectivity index (χ0) is 20.8. The van der Waals surface area contributed by atoms with Crippen LogP contribution in [0.5, 0.6) is 17.5 Å². The number of amides is 1.